The first kappa shape index (κ1) is 20.4. The van der Waals surface area contributed by atoms with Gasteiger partial charge in [0.1, 0.15) is 11.8 Å². The minimum absolute atomic E-state index is 0.0454. The molecule has 1 N–H and O–H groups in total. The Balaban J connectivity index is 1.56. The molecule has 160 valence electrons. The highest BCUT2D eigenvalue weighted by Crippen LogP contribution is 2.37. The van der Waals surface area contributed by atoms with Crippen LogP contribution in [0.25, 0.3) is 11.5 Å². The van der Waals surface area contributed by atoms with E-state index < -0.39 is 37.1 Å². The SMILES string of the molecule is O=C1CC(C(F)(F)F)N(C(=O)COc2ccc(-c3nnco3)cc2)c2ccccc2N1. The van der Waals surface area contributed by atoms with Gasteiger partial charge in [0.2, 0.25) is 18.2 Å². The number of alkyl halides is 3. The number of anilines is 2. The van der Waals surface area contributed by atoms with Crippen LogP contribution in [0.5, 0.6) is 5.75 Å². The number of rotatable bonds is 4. The molecule has 1 aliphatic heterocycles. The highest BCUT2D eigenvalue weighted by molar-refractivity contribution is 6.05. The number of ether oxygens (including phenoxy) is 1. The third-order valence-electron chi connectivity index (χ3n) is 4.60. The number of nitrogens with one attached hydrogen (secondary N) is 1. The first-order chi connectivity index (χ1) is 14.8. The van der Waals surface area contributed by atoms with Crippen molar-refractivity contribution in [3.05, 3.63) is 54.9 Å². The van der Waals surface area contributed by atoms with Crippen molar-refractivity contribution in [3.63, 3.8) is 0 Å². The van der Waals surface area contributed by atoms with Crippen LogP contribution in [-0.4, -0.2) is 40.8 Å². The number of hydrogen-bond donors (Lipinski definition) is 1. The van der Waals surface area contributed by atoms with Gasteiger partial charge in [0.05, 0.1) is 17.8 Å². The van der Waals surface area contributed by atoms with Gasteiger partial charge in [0.25, 0.3) is 5.91 Å². The van der Waals surface area contributed by atoms with E-state index in [0.717, 1.165) is 0 Å². The second-order valence-corrected chi connectivity index (χ2v) is 6.65. The Hall–Kier alpha value is -3.89. The molecule has 4 rings (SSSR count). The summed E-state index contributed by atoms with van der Waals surface area (Å²) in [7, 11) is 0. The van der Waals surface area contributed by atoms with Gasteiger partial charge < -0.3 is 14.5 Å². The number of nitrogens with zero attached hydrogens (tertiary/aromatic N) is 3. The Morgan fingerprint density at radius 1 is 1.19 bits per heavy atom. The number of aromatic nitrogens is 2. The second kappa shape index (κ2) is 8.09. The Bertz CT molecular complexity index is 1080. The Labute approximate surface area is 173 Å². The number of amides is 2. The molecule has 1 aromatic heterocycles. The molecule has 2 heterocycles. The van der Waals surface area contributed by atoms with Gasteiger partial charge in [-0.05, 0) is 36.4 Å². The normalized spacial score (nSPS) is 16.3. The zero-order chi connectivity index (χ0) is 22.0. The zero-order valence-corrected chi connectivity index (χ0v) is 15.8. The van der Waals surface area contributed by atoms with E-state index in [1.807, 2.05) is 0 Å². The quantitative estimate of drug-likeness (QED) is 0.679. The van der Waals surface area contributed by atoms with Gasteiger partial charge in [-0.3, -0.25) is 14.5 Å². The number of hydrogen-bond acceptors (Lipinski definition) is 6. The first-order valence-electron chi connectivity index (χ1n) is 9.10. The van der Waals surface area contributed by atoms with Crippen LogP contribution in [-0.2, 0) is 9.59 Å². The summed E-state index contributed by atoms with van der Waals surface area (Å²) in [5.74, 6) is -1.22. The van der Waals surface area contributed by atoms with Gasteiger partial charge in [-0.2, -0.15) is 13.2 Å². The molecule has 1 unspecified atom stereocenters. The lowest BCUT2D eigenvalue weighted by molar-refractivity contribution is -0.158. The fraction of sp³-hybridized carbons (Fsp3) is 0.200. The largest absolute Gasteiger partial charge is 0.484 e. The van der Waals surface area contributed by atoms with Crippen molar-refractivity contribution >= 4 is 23.2 Å². The minimum atomic E-state index is -4.81. The van der Waals surface area contributed by atoms with Gasteiger partial charge in [-0.15, -0.1) is 10.2 Å². The molecule has 11 heteroatoms. The average Bonchev–Trinajstić information content (AvgIpc) is 3.22. The summed E-state index contributed by atoms with van der Waals surface area (Å²) in [5, 5.41) is 9.74. The number of fused-ring (bicyclic) bond motifs is 1. The van der Waals surface area contributed by atoms with Crippen molar-refractivity contribution in [2.24, 2.45) is 0 Å². The van der Waals surface area contributed by atoms with Crippen LogP contribution in [0, 0.1) is 0 Å². The molecule has 1 aliphatic rings. The summed E-state index contributed by atoms with van der Waals surface area (Å²) in [5.41, 5.74) is 0.687. The summed E-state index contributed by atoms with van der Waals surface area (Å²) in [4.78, 5) is 25.4. The molecule has 2 aromatic carbocycles. The first-order valence-corrected chi connectivity index (χ1v) is 9.10. The highest BCUT2D eigenvalue weighted by atomic mass is 19.4. The lowest BCUT2D eigenvalue weighted by atomic mass is 10.1. The van der Waals surface area contributed by atoms with Crippen molar-refractivity contribution in [1.82, 2.24) is 10.2 Å². The Kier molecular flexibility index (Phi) is 5.32. The van der Waals surface area contributed by atoms with Crippen molar-refractivity contribution in [2.45, 2.75) is 18.6 Å². The summed E-state index contributed by atoms with van der Waals surface area (Å²) < 4.78 is 51.6. The van der Waals surface area contributed by atoms with Crippen LogP contribution in [0.15, 0.2) is 59.3 Å². The molecule has 31 heavy (non-hydrogen) atoms. The fourth-order valence-corrected chi connectivity index (χ4v) is 3.20. The molecule has 1 atom stereocenters. The van der Waals surface area contributed by atoms with Crippen LogP contribution in [0.3, 0.4) is 0 Å². The number of halogens is 3. The standard InChI is InChI=1S/C20H15F3N4O4/c21-20(22,23)16-9-17(28)25-14-3-1-2-4-15(14)27(16)18(29)10-30-13-7-5-12(6-8-13)19-26-24-11-31-19/h1-8,11,16H,9-10H2,(H,25,28). The number of carbonyl (C=O) groups is 2. The molecular formula is C20H15F3N4O4. The third kappa shape index (κ3) is 4.34. The van der Waals surface area contributed by atoms with E-state index in [-0.39, 0.29) is 23.0 Å². The van der Waals surface area contributed by atoms with E-state index in [1.165, 1.54) is 36.7 Å². The fourth-order valence-electron chi connectivity index (χ4n) is 3.20. The predicted octanol–water partition coefficient (Wildman–Crippen LogP) is 3.42. The maximum Gasteiger partial charge on any atom is 0.409 e. The van der Waals surface area contributed by atoms with Gasteiger partial charge in [-0.25, -0.2) is 0 Å². The second-order valence-electron chi connectivity index (χ2n) is 6.65. The summed E-state index contributed by atoms with van der Waals surface area (Å²) in [6.45, 7) is -0.658. The van der Waals surface area contributed by atoms with Gasteiger partial charge in [0, 0.05) is 5.56 Å². The summed E-state index contributed by atoms with van der Waals surface area (Å²) in [6.07, 6.45) is -4.55. The maximum atomic E-state index is 13.7. The van der Waals surface area contributed by atoms with Gasteiger partial charge >= 0.3 is 6.18 Å². The molecular weight excluding hydrogens is 417 g/mol. The Morgan fingerprint density at radius 3 is 2.61 bits per heavy atom. The molecule has 2 amide bonds. The van der Waals surface area contributed by atoms with Crippen LogP contribution in [0.4, 0.5) is 24.5 Å². The average molecular weight is 432 g/mol. The molecule has 0 aliphatic carbocycles. The van der Waals surface area contributed by atoms with Crippen LogP contribution in [0.1, 0.15) is 6.42 Å². The van der Waals surface area contributed by atoms with E-state index in [0.29, 0.717) is 10.5 Å². The topological polar surface area (TPSA) is 97.6 Å². The molecule has 8 nitrogen and oxygen atoms in total. The maximum absolute atomic E-state index is 13.7. The monoisotopic (exact) mass is 432 g/mol. The molecule has 0 bridgehead atoms. The van der Waals surface area contributed by atoms with Crippen LogP contribution >= 0.6 is 0 Å². The third-order valence-corrected chi connectivity index (χ3v) is 4.60. The molecule has 0 saturated heterocycles. The van der Waals surface area contributed by atoms with Gasteiger partial charge in [0.15, 0.2) is 6.61 Å². The summed E-state index contributed by atoms with van der Waals surface area (Å²) >= 11 is 0. The number of carbonyl (C=O) groups excluding carboxylic acids is 2. The molecule has 0 radical (unpaired) electrons. The molecule has 0 saturated carbocycles. The van der Waals surface area contributed by atoms with Crippen molar-refractivity contribution in [2.75, 3.05) is 16.8 Å². The van der Waals surface area contributed by atoms with Crippen molar-refractivity contribution in [3.8, 4) is 17.2 Å². The van der Waals surface area contributed by atoms with E-state index in [1.54, 1.807) is 18.2 Å². The van der Waals surface area contributed by atoms with Crippen molar-refractivity contribution in [1.29, 1.82) is 0 Å². The molecule has 0 spiro atoms. The highest BCUT2D eigenvalue weighted by Gasteiger charge is 2.49. The lowest BCUT2D eigenvalue weighted by Crippen LogP contribution is -2.51. The van der Waals surface area contributed by atoms with Crippen molar-refractivity contribution < 1.29 is 31.9 Å². The van der Waals surface area contributed by atoms with E-state index in [2.05, 4.69) is 15.5 Å². The lowest BCUT2D eigenvalue weighted by Gasteiger charge is -2.31. The summed E-state index contributed by atoms with van der Waals surface area (Å²) in [6, 6.07) is 9.77. The van der Waals surface area contributed by atoms with Gasteiger partial charge in [-0.1, -0.05) is 12.1 Å². The molecule has 3 aromatic rings. The number of para-hydroxylation sites is 2. The van der Waals surface area contributed by atoms with E-state index in [9.17, 15) is 22.8 Å². The van der Waals surface area contributed by atoms with Crippen LogP contribution < -0.4 is 15.0 Å². The van der Waals surface area contributed by atoms with E-state index >= 15 is 0 Å². The number of benzene rings is 2. The molecule has 0 fully saturated rings. The zero-order valence-electron chi connectivity index (χ0n) is 15.8. The smallest absolute Gasteiger partial charge is 0.409 e. The van der Waals surface area contributed by atoms with Crippen LogP contribution in [0.2, 0.25) is 0 Å². The minimum Gasteiger partial charge on any atom is -0.484 e. The Morgan fingerprint density at radius 2 is 1.94 bits per heavy atom. The van der Waals surface area contributed by atoms with E-state index in [4.69, 9.17) is 9.15 Å². The predicted molar refractivity (Wildman–Crippen MR) is 102 cm³/mol.